The number of para-hydroxylation sites is 1. The summed E-state index contributed by atoms with van der Waals surface area (Å²) in [6.07, 6.45) is -5.46. The molecule has 0 radical (unpaired) electrons. The number of carboxylic acid groups (broad SMARTS) is 1. The lowest BCUT2D eigenvalue weighted by Crippen LogP contribution is -2.10. The number of carboxylic acids is 1. The van der Waals surface area contributed by atoms with E-state index < -0.39 is 18.6 Å². The highest BCUT2D eigenvalue weighted by Crippen LogP contribution is 2.23. The molecule has 1 aromatic rings. The fourth-order valence-corrected chi connectivity index (χ4v) is 1.41. The number of hydrogen-bond acceptors (Lipinski definition) is 2. The van der Waals surface area contributed by atoms with Crippen LogP contribution in [-0.2, 0) is 11.2 Å². The third-order valence-corrected chi connectivity index (χ3v) is 2.18. The molecule has 0 spiro atoms. The van der Waals surface area contributed by atoms with E-state index >= 15 is 0 Å². The van der Waals surface area contributed by atoms with Gasteiger partial charge in [-0.15, -0.1) is 0 Å². The highest BCUT2D eigenvalue weighted by Gasteiger charge is 2.26. The molecule has 0 aromatic heterocycles. The van der Waals surface area contributed by atoms with Gasteiger partial charge in [-0.25, -0.2) is 0 Å². The van der Waals surface area contributed by atoms with Crippen molar-refractivity contribution in [1.29, 1.82) is 0 Å². The van der Waals surface area contributed by atoms with E-state index in [-0.39, 0.29) is 19.4 Å². The largest absolute Gasteiger partial charge is 0.493 e. The molecule has 0 fully saturated rings. The molecule has 1 aromatic carbocycles. The second kappa shape index (κ2) is 6.28. The van der Waals surface area contributed by atoms with Crippen molar-refractivity contribution >= 4 is 5.97 Å². The van der Waals surface area contributed by atoms with Gasteiger partial charge in [-0.05, 0) is 12.5 Å². The summed E-state index contributed by atoms with van der Waals surface area (Å²) in [5, 5.41) is 8.67. The van der Waals surface area contributed by atoms with Crippen LogP contribution >= 0.6 is 0 Å². The monoisotopic (exact) mass is 262 g/mol. The average Bonchev–Trinajstić information content (AvgIpc) is 2.24. The predicted molar refractivity (Wildman–Crippen MR) is 58.6 cm³/mol. The number of aliphatic carboxylic acids is 1. The molecule has 0 bridgehead atoms. The zero-order valence-corrected chi connectivity index (χ0v) is 9.54. The molecule has 0 aliphatic carbocycles. The number of carbonyl (C=O) groups is 1. The highest BCUT2D eigenvalue weighted by molar-refractivity contribution is 5.71. The average molecular weight is 262 g/mol. The lowest BCUT2D eigenvalue weighted by Gasteiger charge is -2.11. The summed E-state index contributed by atoms with van der Waals surface area (Å²) in [5.74, 6) is -0.691. The molecule has 1 rings (SSSR count). The molecule has 0 saturated heterocycles. The topological polar surface area (TPSA) is 46.5 Å². The first-order valence-electron chi connectivity index (χ1n) is 5.38. The van der Waals surface area contributed by atoms with Crippen LogP contribution in [0.2, 0.25) is 0 Å². The number of ether oxygens (including phenoxy) is 1. The van der Waals surface area contributed by atoms with Crippen molar-refractivity contribution in [3.8, 4) is 5.75 Å². The predicted octanol–water partition coefficient (Wildman–Crippen LogP) is 3.04. The van der Waals surface area contributed by atoms with Gasteiger partial charge in [0.1, 0.15) is 5.75 Å². The van der Waals surface area contributed by atoms with E-state index in [0.29, 0.717) is 11.3 Å². The second-order valence-electron chi connectivity index (χ2n) is 3.75. The Hall–Kier alpha value is -1.72. The van der Waals surface area contributed by atoms with Crippen LogP contribution in [0.4, 0.5) is 13.2 Å². The van der Waals surface area contributed by atoms with Gasteiger partial charge in [0.05, 0.1) is 13.0 Å². The molecule has 0 atom stereocenters. The molecule has 0 amide bonds. The first-order valence-corrected chi connectivity index (χ1v) is 5.38. The Bertz CT molecular complexity index is 402. The lowest BCUT2D eigenvalue weighted by molar-refractivity contribution is -0.137. The quantitative estimate of drug-likeness (QED) is 0.801. The molecule has 0 saturated carbocycles. The van der Waals surface area contributed by atoms with Crippen molar-refractivity contribution < 1.29 is 27.8 Å². The number of halogens is 3. The summed E-state index contributed by atoms with van der Waals surface area (Å²) < 4.78 is 40.9. The van der Waals surface area contributed by atoms with Crippen LogP contribution in [0.1, 0.15) is 18.4 Å². The molecule has 3 nitrogen and oxygen atoms in total. The second-order valence-corrected chi connectivity index (χ2v) is 3.75. The van der Waals surface area contributed by atoms with Gasteiger partial charge in [0.15, 0.2) is 0 Å². The fourth-order valence-electron chi connectivity index (χ4n) is 1.41. The molecule has 0 aliphatic rings. The number of hydrogen-bond donors (Lipinski definition) is 1. The normalized spacial score (nSPS) is 11.3. The van der Waals surface area contributed by atoms with Crippen LogP contribution in [0.5, 0.6) is 5.75 Å². The van der Waals surface area contributed by atoms with Gasteiger partial charge < -0.3 is 9.84 Å². The lowest BCUT2D eigenvalue weighted by atomic mass is 10.1. The first-order chi connectivity index (χ1) is 8.38. The summed E-state index contributed by atoms with van der Waals surface area (Å²) in [7, 11) is 0. The van der Waals surface area contributed by atoms with Crippen LogP contribution in [-0.4, -0.2) is 23.9 Å². The Labute approximate surface area is 102 Å². The van der Waals surface area contributed by atoms with E-state index in [1.165, 1.54) is 0 Å². The third kappa shape index (κ3) is 5.56. The molecule has 1 N–H and O–H groups in total. The maximum Gasteiger partial charge on any atom is 0.389 e. The van der Waals surface area contributed by atoms with E-state index in [4.69, 9.17) is 9.84 Å². The Balaban J connectivity index is 2.49. The van der Waals surface area contributed by atoms with Crippen LogP contribution in [0.25, 0.3) is 0 Å². The van der Waals surface area contributed by atoms with Gasteiger partial charge in [0.25, 0.3) is 0 Å². The standard InChI is InChI=1S/C12H13F3O3/c13-12(14,15)6-3-7-18-10-5-2-1-4-9(10)8-11(16)17/h1-2,4-5H,3,6-8H2,(H,16,17). The van der Waals surface area contributed by atoms with Crippen LogP contribution in [0.3, 0.4) is 0 Å². The maximum atomic E-state index is 11.9. The Kier molecular flexibility index (Phi) is 5.00. The zero-order chi connectivity index (χ0) is 13.6. The minimum atomic E-state index is -4.19. The Morgan fingerprint density at radius 2 is 1.94 bits per heavy atom. The molecule has 18 heavy (non-hydrogen) atoms. The molecule has 0 unspecified atom stereocenters. The molecular weight excluding hydrogens is 249 g/mol. The molecule has 6 heteroatoms. The minimum absolute atomic E-state index is 0.0872. The molecular formula is C12H13F3O3. The van der Waals surface area contributed by atoms with E-state index in [0.717, 1.165) is 0 Å². The first kappa shape index (κ1) is 14.3. The summed E-state index contributed by atoms with van der Waals surface area (Å²) in [6, 6.07) is 6.42. The number of rotatable bonds is 6. The Morgan fingerprint density at radius 1 is 1.28 bits per heavy atom. The minimum Gasteiger partial charge on any atom is -0.493 e. The Morgan fingerprint density at radius 3 is 2.56 bits per heavy atom. The third-order valence-electron chi connectivity index (χ3n) is 2.18. The smallest absolute Gasteiger partial charge is 0.389 e. The van der Waals surface area contributed by atoms with Crippen LogP contribution in [0, 0.1) is 0 Å². The summed E-state index contributed by atoms with van der Waals surface area (Å²) in [5.41, 5.74) is 0.456. The van der Waals surface area contributed by atoms with E-state index in [1.807, 2.05) is 0 Å². The van der Waals surface area contributed by atoms with E-state index in [2.05, 4.69) is 0 Å². The van der Waals surface area contributed by atoms with Crippen molar-refractivity contribution in [2.45, 2.75) is 25.4 Å². The van der Waals surface area contributed by atoms with E-state index in [9.17, 15) is 18.0 Å². The van der Waals surface area contributed by atoms with Gasteiger partial charge in [-0.2, -0.15) is 13.2 Å². The zero-order valence-electron chi connectivity index (χ0n) is 9.54. The van der Waals surface area contributed by atoms with Crippen molar-refractivity contribution in [3.05, 3.63) is 29.8 Å². The summed E-state index contributed by atoms with van der Waals surface area (Å²) in [4.78, 5) is 10.6. The summed E-state index contributed by atoms with van der Waals surface area (Å²) in [6.45, 7) is -0.0872. The maximum absolute atomic E-state index is 11.9. The van der Waals surface area contributed by atoms with Crippen molar-refractivity contribution in [3.63, 3.8) is 0 Å². The summed E-state index contributed by atoms with van der Waals surface area (Å²) >= 11 is 0. The van der Waals surface area contributed by atoms with Crippen molar-refractivity contribution in [2.75, 3.05) is 6.61 Å². The van der Waals surface area contributed by atoms with Gasteiger partial charge in [-0.3, -0.25) is 4.79 Å². The van der Waals surface area contributed by atoms with Gasteiger partial charge in [-0.1, -0.05) is 18.2 Å². The van der Waals surface area contributed by atoms with Gasteiger partial charge in [0, 0.05) is 12.0 Å². The van der Waals surface area contributed by atoms with Crippen LogP contribution in [0.15, 0.2) is 24.3 Å². The van der Waals surface area contributed by atoms with Gasteiger partial charge in [0.2, 0.25) is 0 Å². The molecule has 0 heterocycles. The van der Waals surface area contributed by atoms with Crippen LogP contribution < -0.4 is 4.74 Å². The fraction of sp³-hybridized carbons (Fsp3) is 0.417. The SMILES string of the molecule is O=C(O)Cc1ccccc1OCCCC(F)(F)F. The molecule has 0 aliphatic heterocycles. The van der Waals surface area contributed by atoms with Crippen molar-refractivity contribution in [1.82, 2.24) is 0 Å². The number of alkyl halides is 3. The highest BCUT2D eigenvalue weighted by atomic mass is 19.4. The van der Waals surface area contributed by atoms with Gasteiger partial charge >= 0.3 is 12.1 Å². The number of benzene rings is 1. The van der Waals surface area contributed by atoms with Crippen molar-refractivity contribution in [2.24, 2.45) is 0 Å². The van der Waals surface area contributed by atoms with E-state index in [1.54, 1.807) is 24.3 Å². The molecule has 100 valence electrons.